The number of H-pyrrole nitrogens is 1. The fraction of sp³-hybridized carbons (Fsp3) is 0.636. The predicted octanol–water partition coefficient (Wildman–Crippen LogP) is -0.147. The molecular formula is C11H17N5O3. The number of nitrogens with one attached hydrogen (secondary N) is 2. The fourth-order valence-electron chi connectivity index (χ4n) is 2.06. The Hall–Kier alpha value is -2.12. The predicted molar refractivity (Wildman–Crippen MR) is 65.4 cm³/mol. The summed E-state index contributed by atoms with van der Waals surface area (Å²) in [5.74, 6) is -0.470. The zero-order chi connectivity index (χ0) is 13.7. The monoisotopic (exact) mass is 267 g/mol. The molecule has 3 N–H and O–H groups in total. The molecule has 0 radical (unpaired) electrons. The van der Waals surface area contributed by atoms with E-state index in [0.717, 1.165) is 18.7 Å². The molecule has 0 aromatic carbocycles. The first-order valence-electron chi connectivity index (χ1n) is 6.26. The van der Waals surface area contributed by atoms with E-state index in [-0.39, 0.29) is 6.03 Å². The van der Waals surface area contributed by atoms with Crippen molar-refractivity contribution >= 4 is 12.0 Å². The van der Waals surface area contributed by atoms with E-state index >= 15 is 0 Å². The second-order valence-corrected chi connectivity index (χ2v) is 4.54. The van der Waals surface area contributed by atoms with Gasteiger partial charge in [-0.15, -0.1) is 0 Å². The molecule has 1 aromatic heterocycles. The summed E-state index contributed by atoms with van der Waals surface area (Å²) in [6.07, 6.45) is 3.46. The normalized spacial score (nSPS) is 18.5. The van der Waals surface area contributed by atoms with Crippen molar-refractivity contribution in [3.63, 3.8) is 0 Å². The van der Waals surface area contributed by atoms with Gasteiger partial charge in [0.25, 0.3) is 0 Å². The molecule has 0 spiro atoms. The number of nitrogens with zero attached hydrogens (tertiary/aromatic N) is 3. The van der Waals surface area contributed by atoms with Gasteiger partial charge in [0.15, 0.2) is 0 Å². The lowest BCUT2D eigenvalue weighted by Crippen LogP contribution is -2.39. The highest BCUT2D eigenvalue weighted by Crippen LogP contribution is 2.15. The van der Waals surface area contributed by atoms with Crippen molar-refractivity contribution in [3.05, 3.63) is 12.2 Å². The second kappa shape index (κ2) is 6.17. The van der Waals surface area contributed by atoms with Crippen LogP contribution < -0.4 is 5.32 Å². The number of likely N-dealkylation sites (tertiary alicyclic amines) is 1. The Labute approximate surface area is 110 Å². The Morgan fingerprint density at radius 1 is 1.58 bits per heavy atom. The van der Waals surface area contributed by atoms with Crippen LogP contribution in [0.4, 0.5) is 4.79 Å². The number of carboxylic acid groups (broad SMARTS) is 1. The van der Waals surface area contributed by atoms with Crippen molar-refractivity contribution in [2.24, 2.45) is 5.92 Å². The van der Waals surface area contributed by atoms with Gasteiger partial charge in [-0.05, 0) is 12.8 Å². The number of carboxylic acids is 1. The number of aryl methyl sites for hydroxylation is 1. The molecule has 0 bridgehead atoms. The minimum absolute atomic E-state index is 0.193. The van der Waals surface area contributed by atoms with Crippen LogP contribution in [0, 0.1) is 5.92 Å². The molecule has 19 heavy (non-hydrogen) atoms. The van der Waals surface area contributed by atoms with Gasteiger partial charge in [0.05, 0.1) is 5.92 Å². The molecule has 1 aromatic rings. The molecule has 104 valence electrons. The number of amides is 2. The summed E-state index contributed by atoms with van der Waals surface area (Å²) in [6, 6.07) is -0.193. The number of carbonyl (C=O) groups is 2. The lowest BCUT2D eigenvalue weighted by atomic mass is 10.1. The first-order chi connectivity index (χ1) is 9.16. The number of aromatic amines is 1. The lowest BCUT2D eigenvalue weighted by molar-refractivity contribution is -0.141. The van der Waals surface area contributed by atoms with Crippen LogP contribution in [0.2, 0.25) is 0 Å². The number of aromatic nitrogens is 3. The summed E-state index contributed by atoms with van der Waals surface area (Å²) in [4.78, 5) is 28.1. The van der Waals surface area contributed by atoms with Gasteiger partial charge in [0.2, 0.25) is 0 Å². The number of urea groups is 1. The van der Waals surface area contributed by atoms with Crippen LogP contribution in [0.1, 0.15) is 18.7 Å². The molecule has 0 aliphatic carbocycles. The van der Waals surface area contributed by atoms with Crippen molar-refractivity contribution in [1.82, 2.24) is 25.4 Å². The van der Waals surface area contributed by atoms with E-state index in [9.17, 15) is 9.59 Å². The van der Waals surface area contributed by atoms with E-state index in [1.165, 1.54) is 6.33 Å². The smallest absolute Gasteiger partial charge is 0.317 e. The maximum Gasteiger partial charge on any atom is 0.317 e. The van der Waals surface area contributed by atoms with Crippen LogP contribution in [0.3, 0.4) is 0 Å². The molecule has 1 fully saturated rings. The summed E-state index contributed by atoms with van der Waals surface area (Å²) < 4.78 is 0. The van der Waals surface area contributed by atoms with Gasteiger partial charge in [-0.25, -0.2) is 9.78 Å². The Morgan fingerprint density at radius 2 is 2.42 bits per heavy atom. The molecule has 2 amide bonds. The Kier molecular flexibility index (Phi) is 4.32. The van der Waals surface area contributed by atoms with E-state index in [2.05, 4.69) is 20.5 Å². The first-order valence-corrected chi connectivity index (χ1v) is 6.26. The number of carbonyl (C=O) groups excluding carboxylic acids is 1. The van der Waals surface area contributed by atoms with Gasteiger partial charge in [-0.2, -0.15) is 5.10 Å². The standard InChI is InChI=1S/C11H17N5O3/c17-10(18)8-3-5-16(6-8)11(19)12-4-1-2-9-13-7-14-15-9/h7-8H,1-6H2,(H,12,19)(H,17,18)(H,13,14,15). The van der Waals surface area contributed by atoms with Gasteiger partial charge < -0.3 is 15.3 Å². The molecule has 1 aliphatic rings. The molecule has 2 rings (SSSR count). The maximum atomic E-state index is 11.8. The summed E-state index contributed by atoms with van der Waals surface area (Å²) >= 11 is 0. The third kappa shape index (κ3) is 3.67. The van der Waals surface area contributed by atoms with E-state index in [4.69, 9.17) is 5.11 Å². The third-order valence-corrected chi connectivity index (χ3v) is 3.16. The quantitative estimate of drug-likeness (QED) is 0.643. The van der Waals surface area contributed by atoms with Gasteiger partial charge >= 0.3 is 12.0 Å². The van der Waals surface area contributed by atoms with Crippen LogP contribution in [-0.2, 0) is 11.2 Å². The second-order valence-electron chi connectivity index (χ2n) is 4.54. The Balaban J connectivity index is 1.63. The van der Waals surface area contributed by atoms with Crippen molar-refractivity contribution < 1.29 is 14.7 Å². The molecule has 1 aliphatic heterocycles. The van der Waals surface area contributed by atoms with Gasteiger partial charge in [0, 0.05) is 26.1 Å². The van der Waals surface area contributed by atoms with Crippen molar-refractivity contribution in [2.45, 2.75) is 19.3 Å². The topological polar surface area (TPSA) is 111 Å². The van der Waals surface area contributed by atoms with Crippen LogP contribution in [0.15, 0.2) is 6.33 Å². The maximum absolute atomic E-state index is 11.8. The van der Waals surface area contributed by atoms with Crippen LogP contribution >= 0.6 is 0 Å². The van der Waals surface area contributed by atoms with E-state index < -0.39 is 11.9 Å². The van der Waals surface area contributed by atoms with E-state index in [1.807, 2.05) is 0 Å². The Bertz CT molecular complexity index is 434. The highest BCUT2D eigenvalue weighted by Gasteiger charge is 2.30. The average Bonchev–Trinajstić information content (AvgIpc) is 3.05. The summed E-state index contributed by atoms with van der Waals surface area (Å²) in [5.41, 5.74) is 0. The average molecular weight is 267 g/mol. The molecule has 1 atom stereocenters. The first kappa shape index (κ1) is 13.3. The highest BCUT2D eigenvalue weighted by molar-refractivity contribution is 5.77. The van der Waals surface area contributed by atoms with Crippen LogP contribution in [-0.4, -0.2) is 56.8 Å². The van der Waals surface area contributed by atoms with Crippen molar-refractivity contribution in [3.8, 4) is 0 Å². The van der Waals surface area contributed by atoms with E-state index in [0.29, 0.717) is 26.1 Å². The molecular weight excluding hydrogens is 250 g/mol. The number of hydrogen-bond donors (Lipinski definition) is 3. The number of hydrogen-bond acceptors (Lipinski definition) is 4. The number of aliphatic carboxylic acids is 1. The summed E-state index contributed by atoms with van der Waals surface area (Å²) in [7, 11) is 0. The molecule has 1 unspecified atom stereocenters. The minimum Gasteiger partial charge on any atom is -0.481 e. The molecule has 0 saturated carbocycles. The van der Waals surface area contributed by atoms with Crippen molar-refractivity contribution in [2.75, 3.05) is 19.6 Å². The number of rotatable bonds is 5. The minimum atomic E-state index is -0.833. The SMILES string of the molecule is O=C(O)C1CCN(C(=O)NCCCc2ncn[nH]2)C1. The fourth-order valence-corrected chi connectivity index (χ4v) is 2.06. The van der Waals surface area contributed by atoms with Gasteiger partial charge in [-0.1, -0.05) is 0 Å². The summed E-state index contributed by atoms with van der Waals surface area (Å²) in [6.45, 7) is 1.34. The Morgan fingerprint density at radius 3 is 3.05 bits per heavy atom. The highest BCUT2D eigenvalue weighted by atomic mass is 16.4. The van der Waals surface area contributed by atoms with Crippen LogP contribution in [0.5, 0.6) is 0 Å². The van der Waals surface area contributed by atoms with Gasteiger partial charge in [0.1, 0.15) is 12.2 Å². The van der Waals surface area contributed by atoms with Crippen LogP contribution in [0.25, 0.3) is 0 Å². The largest absolute Gasteiger partial charge is 0.481 e. The zero-order valence-electron chi connectivity index (χ0n) is 10.5. The van der Waals surface area contributed by atoms with Gasteiger partial charge in [-0.3, -0.25) is 9.89 Å². The molecule has 2 heterocycles. The van der Waals surface area contributed by atoms with Crippen molar-refractivity contribution in [1.29, 1.82) is 0 Å². The third-order valence-electron chi connectivity index (χ3n) is 3.16. The van der Waals surface area contributed by atoms with E-state index in [1.54, 1.807) is 4.90 Å². The zero-order valence-corrected chi connectivity index (χ0v) is 10.5. The lowest BCUT2D eigenvalue weighted by Gasteiger charge is -2.16. The molecule has 8 heteroatoms. The summed E-state index contributed by atoms with van der Waals surface area (Å²) in [5, 5.41) is 18.1. The molecule has 8 nitrogen and oxygen atoms in total. The molecule has 1 saturated heterocycles.